The van der Waals surface area contributed by atoms with E-state index in [9.17, 15) is 18.0 Å². The van der Waals surface area contributed by atoms with Crippen molar-refractivity contribution in [3.63, 3.8) is 0 Å². The molecule has 180 valence electrons. The van der Waals surface area contributed by atoms with E-state index in [1.54, 1.807) is 29.6 Å². The van der Waals surface area contributed by atoms with Crippen LogP contribution in [0.1, 0.15) is 34.5 Å². The number of ether oxygens (including phenoxy) is 1. The van der Waals surface area contributed by atoms with Crippen molar-refractivity contribution in [3.8, 4) is 17.3 Å². The van der Waals surface area contributed by atoms with Crippen LogP contribution in [-0.4, -0.2) is 49.4 Å². The van der Waals surface area contributed by atoms with E-state index in [4.69, 9.17) is 16.3 Å². The number of pyridine rings is 2. The normalized spacial score (nSPS) is 26.5. The Labute approximate surface area is 203 Å². The Kier molecular flexibility index (Phi) is 4.83. The number of aryl methyl sites for hydroxylation is 1. The van der Waals surface area contributed by atoms with E-state index >= 15 is 0 Å². The smallest absolute Gasteiger partial charge is 0.417 e. The second-order valence-electron chi connectivity index (χ2n) is 9.39. The third-order valence-electron chi connectivity index (χ3n) is 7.25. The molecular formula is C24H19ClF3N5O2. The predicted octanol–water partition coefficient (Wildman–Crippen LogP) is 4.60. The quantitative estimate of drug-likeness (QED) is 0.520. The number of hydrogen-bond acceptors (Lipinski definition) is 6. The number of alkyl halides is 3. The summed E-state index contributed by atoms with van der Waals surface area (Å²) >= 11 is 6.05. The van der Waals surface area contributed by atoms with Crippen LogP contribution < -0.4 is 4.74 Å². The fourth-order valence-corrected chi connectivity index (χ4v) is 5.76. The molecule has 11 heteroatoms. The molecule has 3 fully saturated rings. The first-order chi connectivity index (χ1) is 16.7. The van der Waals surface area contributed by atoms with Crippen molar-refractivity contribution in [1.82, 2.24) is 24.8 Å². The summed E-state index contributed by atoms with van der Waals surface area (Å²) in [6.45, 7) is 2.45. The lowest BCUT2D eigenvalue weighted by Gasteiger charge is -2.46. The highest BCUT2D eigenvalue weighted by molar-refractivity contribution is 6.31. The number of halogens is 4. The molecule has 7 nitrogen and oxygen atoms in total. The van der Waals surface area contributed by atoms with Crippen molar-refractivity contribution in [1.29, 1.82) is 0 Å². The molecule has 6 rings (SSSR count). The van der Waals surface area contributed by atoms with Crippen LogP contribution in [-0.2, 0) is 6.18 Å². The summed E-state index contributed by atoms with van der Waals surface area (Å²) in [7, 11) is 0. The zero-order chi connectivity index (χ0) is 24.5. The van der Waals surface area contributed by atoms with Crippen molar-refractivity contribution in [2.45, 2.75) is 38.1 Å². The number of piperidine rings is 1. The number of aromatic nitrogens is 4. The van der Waals surface area contributed by atoms with Crippen molar-refractivity contribution >= 4 is 17.5 Å². The summed E-state index contributed by atoms with van der Waals surface area (Å²) in [4.78, 5) is 32.3. The highest BCUT2D eigenvalue weighted by Gasteiger charge is 2.76. The Morgan fingerprint density at radius 1 is 1.14 bits per heavy atom. The molecule has 2 saturated carbocycles. The van der Waals surface area contributed by atoms with E-state index in [1.165, 1.54) is 0 Å². The molecule has 4 heterocycles. The maximum atomic E-state index is 13.7. The standard InChI is InChI=1S/C24H19ClF3N5O2/c1-12-5-15(20-29-3-2-4-30-20)18(31-9-12)22(34)33-11-14-7-23(14)8-17(19(23)33)35-21-16(25)6-13(10-32-21)24(26,27)28/h2-6,9-10,14,17,19H,7-8,11H2,1H3. The van der Waals surface area contributed by atoms with Crippen molar-refractivity contribution in [3.05, 3.63) is 64.8 Å². The lowest BCUT2D eigenvalue weighted by atomic mass is 9.73. The number of rotatable bonds is 4. The maximum Gasteiger partial charge on any atom is 0.417 e. The third-order valence-corrected chi connectivity index (χ3v) is 7.52. The lowest BCUT2D eigenvalue weighted by molar-refractivity contribution is -0.137. The summed E-state index contributed by atoms with van der Waals surface area (Å²) in [6.07, 6.45) is 2.27. The molecule has 3 aromatic rings. The Bertz CT molecular complexity index is 1340. The van der Waals surface area contributed by atoms with Crippen LogP contribution in [0, 0.1) is 18.3 Å². The Hall–Kier alpha value is -3.27. The number of carbonyl (C=O) groups excluding carboxylic acids is 1. The molecule has 1 aliphatic heterocycles. The van der Waals surface area contributed by atoms with Gasteiger partial charge < -0.3 is 9.64 Å². The molecule has 3 aromatic heterocycles. The van der Waals surface area contributed by atoms with Gasteiger partial charge in [0.15, 0.2) is 5.82 Å². The van der Waals surface area contributed by atoms with Crippen LogP contribution in [0.3, 0.4) is 0 Å². The summed E-state index contributed by atoms with van der Waals surface area (Å²) in [5.41, 5.74) is 0.718. The molecule has 2 aliphatic carbocycles. The second kappa shape index (κ2) is 7.61. The number of carbonyl (C=O) groups is 1. The molecule has 0 N–H and O–H groups in total. The Morgan fingerprint density at radius 3 is 2.63 bits per heavy atom. The van der Waals surface area contributed by atoms with Crippen LogP contribution in [0.15, 0.2) is 43.0 Å². The van der Waals surface area contributed by atoms with Crippen LogP contribution in [0.25, 0.3) is 11.4 Å². The molecular weight excluding hydrogens is 483 g/mol. The highest BCUT2D eigenvalue weighted by atomic mass is 35.5. The van der Waals surface area contributed by atoms with E-state index in [0.717, 1.165) is 18.1 Å². The van der Waals surface area contributed by atoms with Crippen molar-refractivity contribution in [2.24, 2.45) is 11.3 Å². The average Bonchev–Trinajstić information content (AvgIpc) is 3.48. The van der Waals surface area contributed by atoms with Crippen molar-refractivity contribution < 1.29 is 22.7 Å². The van der Waals surface area contributed by atoms with Crippen molar-refractivity contribution in [2.75, 3.05) is 6.54 Å². The first kappa shape index (κ1) is 22.2. The largest absolute Gasteiger partial charge is 0.471 e. The van der Waals surface area contributed by atoms with Gasteiger partial charge in [0.05, 0.1) is 17.2 Å². The third kappa shape index (κ3) is 3.53. The average molecular weight is 502 g/mol. The second-order valence-corrected chi connectivity index (χ2v) is 9.79. The van der Waals surface area contributed by atoms with Crippen LogP contribution >= 0.6 is 11.6 Å². The molecule has 35 heavy (non-hydrogen) atoms. The molecule has 1 spiro atoms. The van der Waals surface area contributed by atoms with Crippen LogP contribution in [0.5, 0.6) is 5.88 Å². The Morgan fingerprint density at radius 2 is 1.91 bits per heavy atom. The monoisotopic (exact) mass is 501 g/mol. The predicted molar refractivity (Wildman–Crippen MR) is 119 cm³/mol. The van der Waals surface area contributed by atoms with E-state index in [2.05, 4.69) is 19.9 Å². The minimum atomic E-state index is -4.55. The summed E-state index contributed by atoms with van der Waals surface area (Å²) in [5, 5.41) is -0.215. The van der Waals surface area contributed by atoms with Gasteiger partial charge in [0.2, 0.25) is 5.88 Å². The van der Waals surface area contributed by atoms with Crippen LogP contribution in [0.4, 0.5) is 13.2 Å². The number of nitrogens with zero attached hydrogens (tertiary/aromatic N) is 5. The van der Waals surface area contributed by atoms with Gasteiger partial charge >= 0.3 is 6.18 Å². The molecule has 4 atom stereocenters. The van der Waals surface area contributed by atoms with Gasteiger partial charge in [-0.1, -0.05) is 11.6 Å². The zero-order valence-electron chi connectivity index (χ0n) is 18.5. The maximum absolute atomic E-state index is 13.7. The summed E-state index contributed by atoms with van der Waals surface area (Å²) in [6, 6.07) is 4.11. The SMILES string of the molecule is Cc1cnc(C(=O)N2CC3CC34CC(Oc3ncc(C(F)(F)F)cc3Cl)C24)c(-c2ncccn2)c1. The van der Waals surface area contributed by atoms with E-state index < -0.39 is 17.8 Å². The molecule has 0 bridgehead atoms. The Balaban J connectivity index is 1.28. The summed E-state index contributed by atoms with van der Waals surface area (Å²) in [5.74, 6) is 0.467. The van der Waals surface area contributed by atoms with Gasteiger partial charge in [0.25, 0.3) is 5.91 Å². The molecule has 3 aliphatic rings. The van der Waals surface area contributed by atoms with Gasteiger partial charge in [-0.05, 0) is 49.4 Å². The zero-order valence-corrected chi connectivity index (χ0v) is 19.2. The van der Waals surface area contributed by atoms with E-state index in [-0.39, 0.29) is 34.0 Å². The highest BCUT2D eigenvalue weighted by Crippen LogP contribution is 2.71. The van der Waals surface area contributed by atoms with Gasteiger partial charge in [0.1, 0.15) is 16.8 Å². The molecule has 1 saturated heterocycles. The van der Waals surface area contributed by atoms with Gasteiger partial charge in [-0.25, -0.2) is 15.0 Å². The van der Waals surface area contributed by atoms with E-state index in [1.807, 2.05) is 13.0 Å². The number of amides is 1. The minimum absolute atomic E-state index is 0.0210. The van der Waals surface area contributed by atoms with Gasteiger partial charge in [-0.2, -0.15) is 13.2 Å². The fourth-order valence-electron chi connectivity index (χ4n) is 5.55. The topological polar surface area (TPSA) is 81.1 Å². The summed E-state index contributed by atoms with van der Waals surface area (Å²) < 4.78 is 44.8. The van der Waals surface area contributed by atoms with Gasteiger partial charge in [-0.15, -0.1) is 0 Å². The van der Waals surface area contributed by atoms with E-state index in [0.29, 0.717) is 36.5 Å². The first-order valence-electron chi connectivity index (χ1n) is 11.1. The van der Waals surface area contributed by atoms with Gasteiger partial charge in [0, 0.05) is 36.7 Å². The molecule has 1 amide bonds. The van der Waals surface area contributed by atoms with Gasteiger partial charge in [-0.3, -0.25) is 9.78 Å². The van der Waals surface area contributed by atoms with Crippen LogP contribution in [0.2, 0.25) is 5.02 Å². The number of likely N-dealkylation sites (tertiary alicyclic amines) is 1. The minimum Gasteiger partial charge on any atom is -0.471 e. The lowest BCUT2D eigenvalue weighted by Crippen LogP contribution is -2.59. The molecule has 0 radical (unpaired) electrons. The molecule has 4 unspecified atom stereocenters. The first-order valence-corrected chi connectivity index (χ1v) is 11.5. The number of hydrogen-bond donors (Lipinski definition) is 0. The fraction of sp³-hybridized carbons (Fsp3) is 0.375. The molecule has 0 aromatic carbocycles.